The molecular weight excluding hydrogens is 311 g/mol. The molecule has 2 aliphatic heterocycles. The fourth-order valence-electron chi connectivity index (χ4n) is 3.27. The number of halogens is 1. The molecule has 2 aliphatic rings. The summed E-state index contributed by atoms with van der Waals surface area (Å²) in [5.74, 6) is -0.431. The van der Waals surface area contributed by atoms with Crippen molar-refractivity contribution in [2.45, 2.75) is 38.5 Å². The number of aliphatic hydroxyl groups excluding tert-OH is 1. The molecule has 24 heavy (non-hydrogen) atoms. The van der Waals surface area contributed by atoms with Gasteiger partial charge in [-0.15, -0.1) is 0 Å². The average molecular weight is 336 g/mol. The highest BCUT2D eigenvalue weighted by atomic mass is 19.1. The monoisotopic (exact) mass is 336 g/mol. The van der Waals surface area contributed by atoms with E-state index in [1.165, 1.54) is 6.07 Å². The number of hydrogen-bond acceptors (Lipinski definition) is 5. The van der Waals surface area contributed by atoms with Crippen molar-refractivity contribution in [3.05, 3.63) is 29.6 Å². The Labute approximate surface area is 141 Å². The van der Waals surface area contributed by atoms with E-state index in [2.05, 4.69) is 16.2 Å². The number of carbonyl (C=O) groups excluding carboxylic acids is 1. The zero-order valence-corrected chi connectivity index (χ0v) is 13.9. The molecule has 2 atom stereocenters. The van der Waals surface area contributed by atoms with Crippen molar-refractivity contribution in [3.8, 4) is 0 Å². The minimum Gasteiger partial charge on any atom is -0.393 e. The summed E-state index contributed by atoms with van der Waals surface area (Å²) in [7, 11) is 0. The van der Waals surface area contributed by atoms with E-state index >= 15 is 0 Å². The van der Waals surface area contributed by atoms with E-state index in [0.717, 1.165) is 5.56 Å². The first kappa shape index (κ1) is 17.1. The Bertz CT molecular complexity index is 590. The topological polar surface area (TPSA) is 76.6 Å². The Hall–Kier alpha value is -1.70. The molecule has 3 rings (SSSR count). The van der Waals surface area contributed by atoms with Crippen LogP contribution in [0.3, 0.4) is 0 Å². The summed E-state index contributed by atoms with van der Waals surface area (Å²) < 4.78 is 14.4. The maximum atomic E-state index is 14.4. The van der Waals surface area contributed by atoms with E-state index in [-0.39, 0.29) is 29.8 Å². The van der Waals surface area contributed by atoms with Crippen molar-refractivity contribution in [2.24, 2.45) is 5.92 Å². The second-order valence-corrected chi connectivity index (χ2v) is 6.64. The van der Waals surface area contributed by atoms with Crippen LogP contribution in [0.2, 0.25) is 0 Å². The quantitative estimate of drug-likeness (QED) is 0.645. The highest BCUT2D eigenvalue weighted by molar-refractivity contribution is 5.79. The van der Waals surface area contributed by atoms with Crippen LogP contribution in [0.4, 0.5) is 10.1 Å². The Balaban J connectivity index is 1.57. The number of aliphatic hydroxyl groups is 1. The molecule has 1 aromatic rings. The minimum atomic E-state index is -0.282. The third-order valence-corrected chi connectivity index (χ3v) is 4.88. The van der Waals surface area contributed by atoms with Gasteiger partial charge in [0, 0.05) is 32.2 Å². The Morgan fingerprint density at radius 2 is 2.17 bits per heavy atom. The maximum absolute atomic E-state index is 14.4. The first-order valence-electron chi connectivity index (χ1n) is 8.52. The van der Waals surface area contributed by atoms with Gasteiger partial charge in [-0.25, -0.2) is 4.39 Å². The van der Waals surface area contributed by atoms with Gasteiger partial charge in [-0.1, -0.05) is 6.07 Å². The van der Waals surface area contributed by atoms with E-state index < -0.39 is 0 Å². The number of carbonyl (C=O) groups is 1. The number of hydrogen-bond donors (Lipinski definition) is 4. The molecule has 132 valence electrons. The van der Waals surface area contributed by atoms with Gasteiger partial charge in [0.05, 0.1) is 17.7 Å². The van der Waals surface area contributed by atoms with Crippen molar-refractivity contribution >= 4 is 11.6 Å². The van der Waals surface area contributed by atoms with Gasteiger partial charge >= 0.3 is 0 Å². The number of piperidine rings is 1. The lowest BCUT2D eigenvalue weighted by Crippen LogP contribution is -2.37. The van der Waals surface area contributed by atoms with Crippen molar-refractivity contribution in [1.29, 1.82) is 0 Å². The lowest BCUT2D eigenvalue weighted by atomic mass is 10.0. The normalized spacial score (nSPS) is 25.0. The van der Waals surface area contributed by atoms with Crippen LogP contribution >= 0.6 is 0 Å². The number of benzene rings is 1. The second kappa shape index (κ2) is 7.46. The van der Waals surface area contributed by atoms with Crippen LogP contribution in [0, 0.1) is 11.7 Å². The molecule has 0 saturated carbocycles. The molecule has 0 spiro atoms. The van der Waals surface area contributed by atoms with Crippen LogP contribution in [0.25, 0.3) is 0 Å². The molecule has 6 nitrogen and oxygen atoms in total. The number of nitrogens with one attached hydrogen (secondary N) is 3. The largest absolute Gasteiger partial charge is 0.393 e. The van der Waals surface area contributed by atoms with Gasteiger partial charge in [-0.05, 0) is 37.5 Å². The SMILES string of the molecule is CC1NNCC1C(=O)NCc1ccc(N2CCC(O)CC2)c(F)c1. The molecule has 4 N–H and O–H groups in total. The molecule has 1 amide bonds. The van der Waals surface area contributed by atoms with Crippen molar-refractivity contribution in [3.63, 3.8) is 0 Å². The fourth-order valence-corrected chi connectivity index (χ4v) is 3.27. The van der Waals surface area contributed by atoms with Gasteiger partial charge in [-0.3, -0.25) is 15.6 Å². The molecule has 0 radical (unpaired) electrons. The van der Waals surface area contributed by atoms with Gasteiger partial charge in [0.1, 0.15) is 5.82 Å². The smallest absolute Gasteiger partial charge is 0.226 e. The molecular formula is C17H25FN4O2. The summed E-state index contributed by atoms with van der Waals surface area (Å²) in [6.07, 6.45) is 1.05. The average Bonchev–Trinajstić information content (AvgIpc) is 3.00. The third-order valence-electron chi connectivity index (χ3n) is 4.88. The van der Waals surface area contributed by atoms with Gasteiger partial charge < -0.3 is 15.3 Å². The van der Waals surface area contributed by atoms with Crippen molar-refractivity contribution in [2.75, 3.05) is 24.5 Å². The lowest BCUT2D eigenvalue weighted by Gasteiger charge is -2.31. The van der Waals surface area contributed by atoms with Crippen LogP contribution in [0.1, 0.15) is 25.3 Å². The maximum Gasteiger partial charge on any atom is 0.226 e. The molecule has 2 heterocycles. The summed E-state index contributed by atoms with van der Waals surface area (Å²) in [4.78, 5) is 14.1. The summed E-state index contributed by atoms with van der Waals surface area (Å²) in [5.41, 5.74) is 7.28. The number of anilines is 1. The first-order chi connectivity index (χ1) is 11.5. The highest BCUT2D eigenvalue weighted by Crippen LogP contribution is 2.24. The fraction of sp³-hybridized carbons (Fsp3) is 0.588. The number of rotatable bonds is 4. The molecule has 2 unspecified atom stereocenters. The molecule has 0 aliphatic carbocycles. The van der Waals surface area contributed by atoms with E-state index in [9.17, 15) is 14.3 Å². The Morgan fingerprint density at radius 3 is 2.79 bits per heavy atom. The number of amides is 1. The zero-order valence-electron chi connectivity index (χ0n) is 13.9. The predicted octanol–water partition coefficient (Wildman–Crippen LogP) is 0.516. The van der Waals surface area contributed by atoms with E-state index in [1.807, 2.05) is 17.9 Å². The van der Waals surface area contributed by atoms with Gasteiger partial charge in [0.25, 0.3) is 0 Å². The van der Waals surface area contributed by atoms with Crippen LogP contribution < -0.4 is 21.1 Å². The van der Waals surface area contributed by atoms with Crippen molar-refractivity contribution in [1.82, 2.24) is 16.2 Å². The van der Waals surface area contributed by atoms with E-state index in [4.69, 9.17) is 0 Å². The molecule has 2 fully saturated rings. The standard InChI is InChI=1S/C17H25FN4O2/c1-11-14(10-20-21-11)17(24)19-9-12-2-3-16(15(18)8-12)22-6-4-13(23)5-7-22/h2-3,8,11,13-14,20-21,23H,4-7,9-10H2,1H3,(H,19,24). The third kappa shape index (κ3) is 3.85. The number of hydrazine groups is 1. The van der Waals surface area contributed by atoms with Crippen LogP contribution in [-0.4, -0.2) is 42.8 Å². The Morgan fingerprint density at radius 1 is 1.42 bits per heavy atom. The minimum absolute atomic E-state index is 0.0329. The van der Waals surface area contributed by atoms with Crippen LogP contribution in [-0.2, 0) is 11.3 Å². The van der Waals surface area contributed by atoms with Crippen LogP contribution in [0.15, 0.2) is 18.2 Å². The first-order valence-corrected chi connectivity index (χ1v) is 8.52. The summed E-state index contributed by atoms with van der Waals surface area (Å²) in [5, 5.41) is 12.4. The summed E-state index contributed by atoms with van der Waals surface area (Å²) in [6, 6.07) is 5.17. The lowest BCUT2D eigenvalue weighted by molar-refractivity contribution is -0.124. The molecule has 2 saturated heterocycles. The summed E-state index contributed by atoms with van der Waals surface area (Å²) in [6.45, 7) is 4.19. The van der Waals surface area contributed by atoms with Crippen molar-refractivity contribution < 1.29 is 14.3 Å². The zero-order chi connectivity index (χ0) is 17.1. The van der Waals surface area contributed by atoms with Gasteiger partial charge in [0.2, 0.25) is 5.91 Å². The van der Waals surface area contributed by atoms with Gasteiger partial charge in [0.15, 0.2) is 0 Å². The van der Waals surface area contributed by atoms with Gasteiger partial charge in [-0.2, -0.15) is 0 Å². The van der Waals surface area contributed by atoms with E-state index in [1.54, 1.807) is 6.07 Å². The molecule has 1 aromatic carbocycles. The van der Waals surface area contributed by atoms with E-state index in [0.29, 0.717) is 44.7 Å². The molecule has 7 heteroatoms. The predicted molar refractivity (Wildman–Crippen MR) is 89.8 cm³/mol. The van der Waals surface area contributed by atoms with Crippen LogP contribution in [0.5, 0.6) is 0 Å². The summed E-state index contributed by atoms with van der Waals surface area (Å²) >= 11 is 0. The highest BCUT2D eigenvalue weighted by Gasteiger charge is 2.29. The number of nitrogens with zero attached hydrogens (tertiary/aromatic N) is 1. The Kier molecular flexibility index (Phi) is 5.33. The molecule has 0 bridgehead atoms. The second-order valence-electron chi connectivity index (χ2n) is 6.64. The molecule has 0 aromatic heterocycles.